The van der Waals surface area contributed by atoms with Gasteiger partial charge in [-0.1, -0.05) is 58.0 Å². The van der Waals surface area contributed by atoms with E-state index in [1.807, 2.05) is 30.3 Å². The maximum atomic E-state index is 15.4. The van der Waals surface area contributed by atoms with Crippen LogP contribution in [0, 0.1) is 23.0 Å². The maximum absolute atomic E-state index is 15.4. The molecule has 75 heavy (non-hydrogen) atoms. The van der Waals surface area contributed by atoms with Gasteiger partial charge in [-0.2, -0.15) is 0 Å². The van der Waals surface area contributed by atoms with Gasteiger partial charge in [0.25, 0.3) is 11.8 Å². The Labute approximate surface area is 431 Å². The number of halogens is 2. The van der Waals surface area contributed by atoms with Gasteiger partial charge in [0.05, 0.1) is 31.5 Å². The number of hydrogen-bond acceptors (Lipinski definition) is 12. The number of aliphatic hydroxyl groups excluding tert-OH is 1. The number of carbonyl (C=O) groups excluding carboxylic acids is 10. The predicted molar refractivity (Wildman–Crippen MR) is 265 cm³/mol. The normalized spacial score (nSPS) is 14.3. The number of hydrogen-bond donors (Lipinski definition) is 7. The van der Waals surface area contributed by atoms with E-state index in [2.05, 4.69) is 21.3 Å². The zero-order valence-electron chi connectivity index (χ0n) is 42.4. The summed E-state index contributed by atoms with van der Waals surface area (Å²) < 4.78 is 31.7. The van der Waals surface area contributed by atoms with Crippen LogP contribution in [0.3, 0.4) is 0 Å². The summed E-state index contributed by atoms with van der Waals surface area (Å²) in [6.45, 7) is 6.15. The molecule has 0 radical (unpaired) electrons. The molecule has 0 bridgehead atoms. The number of amides is 8. The van der Waals surface area contributed by atoms with Crippen molar-refractivity contribution in [2.24, 2.45) is 17.1 Å². The molecule has 0 fully saturated rings. The first-order valence-corrected chi connectivity index (χ1v) is 24.1. The third-order valence-corrected chi connectivity index (χ3v) is 12.1. The summed E-state index contributed by atoms with van der Waals surface area (Å²) in [4.78, 5) is 143. The number of carbonyl (C=O) groups is 11. The third-order valence-electron chi connectivity index (χ3n) is 12.1. The smallest absolute Gasteiger partial charge is 0.303 e. The van der Waals surface area contributed by atoms with Crippen LogP contribution in [0.5, 0.6) is 0 Å². The molecule has 5 atom stereocenters. The summed E-state index contributed by atoms with van der Waals surface area (Å²) in [6.07, 6.45) is 0.934. The monoisotopic (exact) mass is 1050 g/mol. The second kappa shape index (κ2) is 27.4. The maximum Gasteiger partial charge on any atom is 0.303 e. The van der Waals surface area contributed by atoms with Gasteiger partial charge in [0.15, 0.2) is 11.6 Å². The topological polar surface area (TPSA) is 314 Å². The Bertz CT molecular complexity index is 2650. The van der Waals surface area contributed by atoms with Crippen LogP contribution in [-0.4, -0.2) is 134 Å². The Balaban J connectivity index is 1.66. The van der Waals surface area contributed by atoms with E-state index in [0.29, 0.717) is 5.69 Å². The second-order valence-corrected chi connectivity index (χ2v) is 19.3. The number of nitrogens with two attached hydrogens (primary N) is 1. The van der Waals surface area contributed by atoms with E-state index >= 15 is 4.39 Å². The molecule has 3 aromatic rings. The van der Waals surface area contributed by atoms with Crippen molar-refractivity contribution in [1.82, 2.24) is 35.6 Å². The van der Waals surface area contributed by atoms with Crippen LogP contribution >= 0.6 is 0 Å². The lowest BCUT2D eigenvalue weighted by Crippen LogP contribution is -2.56. The van der Waals surface area contributed by atoms with Crippen molar-refractivity contribution in [1.29, 1.82) is 0 Å². The van der Waals surface area contributed by atoms with Crippen LogP contribution in [0.15, 0.2) is 72.9 Å². The first-order chi connectivity index (χ1) is 35.3. The Morgan fingerprint density at radius 2 is 1.45 bits per heavy atom. The number of aromatic nitrogens is 1. The lowest BCUT2D eigenvalue weighted by molar-refractivity contribution is -0.141. The van der Waals surface area contributed by atoms with Crippen molar-refractivity contribution >= 4 is 64.8 Å². The van der Waals surface area contributed by atoms with E-state index < -0.39 is 157 Å². The highest BCUT2D eigenvalue weighted by Crippen LogP contribution is 2.41. The van der Waals surface area contributed by atoms with E-state index in [9.17, 15) is 62.2 Å². The largest absolute Gasteiger partial charge is 0.481 e. The fourth-order valence-corrected chi connectivity index (χ4v) is 8.28. The number of benzene rings is 2. The van der Waals surface area contributed by atoms with Crippen LogP contribution in [0.4, 0.5) is 8.78 Å². The number of nitrogens with zero attached hydrogens (tertiary/aromatic N) is 3. The molecule has 23 heteroatoms. The predicted octanol–water partition coefficient (Wildman–Crippen LogP) is 1.98. The molecule has 1 aromatic heterocycles. The SMILES string of the molecule is C[C@H](CC(=O)[C@H](C)NC(=O)CCC(=O)O)C(=O)N[C@@H](CC(N)=O)C(=O)N[C@@H](CCN(C(=O)CO)[C@@H](c1cc(-c2cc(F)ccc2F)cn1Cc1ccccc1)C(C)(C)C)C(=O)NCCCC(=O)CN1C(=O)C=CC1=O. The van der Waals surface area contributed by atoms with Crippen LogP contribution in [-0.2, 0) is 59.3 Å². The van der Waals surface area contributed by atoms with Gasteiger partial charge in [-0.05, 0) is 55.0 Å². The highest BCUT2D eigenvalue weighted by molar-refractivity contribution is 6.14. The molecule has 2 aromatic carbocycles. The fraction of sp³-hybridized carbons (Fsp3) is 0.442. The van der Waals surface area contributed by atoms with Gasteiger partial charge in [0.2, 0.25) is 35.4 Å². The minimum absolute atomic E-state index is 0.00432. The molecular formula is C52H64F2N8O13. The van der Waals surface area contributed by atoms with Crippen molar-refractivity contribution in [2.75, 3.05) is 26.2 Å². The molecule has 0 saturated carbocycles. The first-order valence-electron chi connectivity index (χ1n) is 24.1. The average molecular weight is 1050 g/mol. The molecular weight excluding hydrogens is 983 g/mol. The zero-order valence-corrected chi connectivity index (χ0v) is 42.4. The lowest BCUT2D eigenvalue weighted by atomic mass is 9.82. The molecule has 0 saturated heterocycles. The van der Waals surface area contributed by atoms with Gasteiger partial charge >= 0.3 is 5.97 Å². The van der Waals surface area contributed by atoms with Gasteiger partial charge in [-0.3, -0.25) is 57.6 Å². The van der Waals surface area contributed by atoms with Gasteiger partial charge in [0.1, 0.15) is 30.3 Å². The second-order valence-electron chi connectivity index (χ2n) is 19.3. The molecule has 0 spiro atoms. The minimum atomic E-state index is -1.74. The molecule has 1 aliphatic rings. The summed E-state index contributed by atoms with van der Waals surface area (Å²) >= 11 is 0. The number of nitrogens with one attached hydrogen (secondary N) is 4. The van der Waals surface area contributed by atoms with E-state index in [4.69, 9.17) is 10.8 Å². The number of carboxylic acid groups (broad SMARTS) is 1. The standard InChI is InChI=1S/C52H64F2N8O13/c1-30(22-41(65)31(2)57-43(67)15-18-47(71)72)49(73)59-39(25-42(55)66)51(75)58-38(50(74)56-20-9-12-35(64)28-62-44(68)16-17-45(62)69)19-21-61(46(70)29-63)48(52(3,4)5)40-23-33(36-24-34(53)13-14-37(36)54)27-60(40)26-32-10-7-6-8-11-32/h6-8,10-11,13-14,16-17,23-24,27,30-31,38-39,48,63H,9,12,15,18-22,25-26,28-29H2,1-5H3,(H2,55,66)(H,56,74)(H,57,67)(H,58,75)(H,59,73)(H,71,72)/t30-,31+,38+,39+,48+/m1/s1. The van der Waals surface area contributed by atoms with Crippen LogP contribution in [0.25, 0.3) is 11.1 Å². The molecule has 2 heterocycles. The van der Waals surface area contributed by atoms with Crippen molar-refractivity contribution in [2.45, 2.75) is 110 Å². The zero-order chi connectivity index (χ0) is 55.7. The summed E-state index contributed by atoms with van der Waals surface area (Å²) in [5, 5.41) is 29.2. The van der Waals surface area contributed by atoms with Gasteiger partial charge in [-0.25, -0.2) is 8.78 Å². The van der Waals surface area contributed by atoms with Crippen molar-refractivity contribution in [3.05, 3.63) is 95.8 Å². The quantitative estimate of drug-likeness (QED) is 0.0387. The summed E-state index contributed by atoms with van der Waals surface area (Å²) in [5.74, 6) is -11.7. The molecule has 0 unspecified atom stereocenters. The van der Waals surface area contributed by atoms with Gasteiger partial charge in [-0.15, -0.1) is 0 Å². The summed E-state index contributed by atoms with van der Waals surface area (Å²) in [6, 6.07) is 8.27. The molecule has 0 aliphatic carbocycles. The highest BCUT2D eigenvalue weighted by Gasteiger charge is 2.39. The number of rotatable bonds is 29. The Kier molecular flexibility index (Phi) is 21.8. The molecule has 1 aliphatic heterocycles. The van der Waals surface area contributed by atoms with E-state index in [-0.39, 0.29) is 43.6 Å². The molecule has 4 rings (SSSR count). The van der Waals surface area contributed by atoms with Crippen LogP contribution in [0.2, 0.25) is 0 Å². The summed E-state index contributed by atoms with van der Waals surface area (Å²) in [7, 11) is 0. The first kappa shape index (κ1) is 59.6. The number of aliphatic carboxylic acids is 1. The van der Waals surface area contributed by atoms with Crippen molar-refractivity contribution in [3.8, 4) is 11.1 Å². The number of aliphatic hydroxyl groups is 1. The fourth-order valence-electron chi connectivity index (χ4n) is 8.28. The molecule has 21 nitrogen and oxygen atoms in total. The van der Waals surface area contributed by atoms with E-state index in [1.165, 1.54) is 18.7 Å². The number of Topliss-reactive ketones (excluding diaryl/α,β-unsaturated/α-hetero) is 2. The van der Waals surface area contributed by atoms with Crippen molar-refractivity contribution < 1.29 is 71.7 Å². The van der Waals surface area contributed by atoms with Gasteiger partial charge in [0, 0.05) is 80.0 Å². The van der Waals surface area contributed by atoms with Crippen molar-refractivity contribution in [3.63, 3.8) is 0 Å². The Hall–Kier alpha value is -7.95. The number of imide groups is 1. The average Bonchev–Trinajstić information content (AvgIpc) is 3.89. The number of primary amides is 1. The van der Waals surface area contributed by atoms with Crippen LogP contribution in [0.1, 0.15) is 96.9 Å². The summed E-state index contributed by atoms with van der Waals surface area (Å²) in [5.41, 5.74) is 6.00. The highest BCUT2D eigenvalue weighted by atomic mass is 19.1. The number of carboxylic acids is 1. The lowest BCUT2D eigenvalue weighted by Gasteiger charge is -2.41. The molecule has 404 valence electrons. The molecule has 8 amide bonds. The Morgan fingerprint density at radius 3 is 2.07 bits per heavy atom. The van der Waals surface area contributed by atoms with Gasteiger partial charge < -0.3 is 46.7 Å². The van der Waals surface area contributed by atoms with E-state index in [0.717, 1.165) is 40.8 Å². The van der Waals surface area contributed by atoms with E-state index in [1.54, 1.807) is 37.6 Å². The minimum Gasteiger partial charge on any atom is -0.481 e. The third kappa shape index (κ3) is 17.9. The Morgan fingerprint density at radius 1 is 0.800 bits per heavy atom. The number of ketones is 2. The van der Waals surface area contributed by atoms with Crippen LogP contribution < -0.4 is 27.0 Å². The molecule has 8 N–H and O–H groups in total.